The maximum atomic E-state index is 6.35. The molecule has 0 saturated carbocycles. The Bertz CT molecular complexity index is 397. The average Bonchev–Trinajstić information content (AvgIpc) is 2.40. The van der Waals surface area contributed by atoms with Crippen LogP contribution in [0.2, 0.25) is 0 Å². The Balaban J connectivity index is 2.05. The first-order valence-electron chi connectivity index (χ1n) is 5.98. The lowest BCUT2D eigenvalue weighted by Gasteiger charge is -2.27. The first-order chi connectivity index (χ1) is 8.70. The number of thioether (sulfide) groups is 2. The van der Waals surface area contributed by atoms with Crippen molar-refractivity contribution < 1.29 is 4.74 Å². The number of methoxy groups -OCH3 is 1. The van der Waals surface area contributed by atoms with E-state index in [1.807, 2.05) is 35.7 Å². The molecule has 2 unspecified atom stereocenters. The van der Waals surface area contributed by atoms with E-state index in [0.29, 0.717) is 5.25 Å². The van der Waals surface area contributed by atoms with Gasteiger partial charge >= 0.3 is 0 Å². The molecule has 100 valence electrons. The van der Waals surface area contributed by atoms with Gasteiger partial charge in [0.2, 0.25) is 0 Å². The summed E-state index contributed by atoms with van der Waals surface area (Å²) in [5.41, 5.74) is 7.54. The van der Waals surface area contributed by atoms with Crippen LogP contribution < -0.4 is 10.5 Å². The summed E-state index contributed by atoms with van der Waals surface area (Å²) in [6, 6.07) is 6.30. The van der Waals surface area contributed by atoms with Crippen LogP contribution in [0.25, 0.3) is 0 Å². The van der Waals surface area contributed by atoms with Gasteiger partial charge < -0.3 is 10.5 Å². The van der Waals surface area contributed by atoms with Gasteiger partial charge in [-0.05, 0) is 30.2 Å². The van der Waals surface area contributed by atoms with E-state index in [-0.39, 0.29) is 6.04 Å². The summed E-state index contributed by atoms with van der Waals surface area (Å²) in [5, 5.41) is 0.562. The van der Waals surface area contributed by atoms with Crippen LogP contribution >= 0.6 is 39.5 Å². The number of hydrogen-bond acceptors (Lipinski definition) is 4. The molecule has 1 heterocycles. The third-order valence-electron chi connectivity index (χ3n) is 3.02. The van der Waals surface area contributed by atoms with Gasteiger partial charge in [-0.25, -0.2) is 0 Å². The molecule has 5 heteroatoms. The lowest BCUT2D eigenvalue weighted by molar-refractivity contribution is 0.407. The van der Waals surface area contributed by atoms with Crippen molar-refractivity contribution in [1.29, 1.82) is 0 Å². The summed E-state index contributed by atoms with van der Waals surface area (Å²) in [6.45, 7) is 0. The lowest BCUT2D eigenvalue weighted by atomic mass is 10.0. The van der Waals surface area contributed by atoms with Crippen molar-refractivity contribution in [1.82, 2.24) is 0 Å². The van der Waals surface area contributed by atoms with Crippen LogP contribution in [0.5, 0.6) is 5.75 Å². The fourth-order valence-electron chi connectivity index (χ4n) is 2.05. The molecule has 1 aliphatic rings. The Morgan fingerprint density at radius 2 is 2.33 bits per heavy atom. The zero-order valence-corrected chi connectivity index (χ0v) is 13.6. The highest BCUT2D eigenvalue weighted by atomic mass is 79.9. The van der Waals surface area contributed by atoms with Crippen LogP contribution in [0.4, 0.5) is 0 Å². The molecule has 0 aliphatic carbocycles. The molecule has 0 radical (unpaired) electrons. The fraction of sp³-hybridized carbons (Fsp3) is 0.538. The smallest absolute Gasteiger partial charge is 0.122 e. The van der Waals surface area contributed by atoms with Crippen LogP contribution in [0.1, 0.15) is 5.56 Å². The van der Waals surface area contributed by atoms with E-state index < -0.39 is 0 Å². The van der Waals surface area contributed by atoms with Crippen molar-refractivity contribution in [3.05, 3.63) is 28.2 Å². The van der Waals surface area contributed by atoms with Gasteiger partial charge in [-0.15, -0.1) is 0 Å². The Morgan fingerprint density at radius 3 is 3.00 bits per heavy atom. The number of nitrogens with two attached hydrogens (primary N) is 1. The average molecular weight is 348 g/mol. The third kappa shape index (κ3) is 3.83. The minimum absolute atomic E-state index is 0.200. The molecule has 0 spiro atoms. The van der Waals surface area contributed by atoms with Crippen LogP contribution in [0, 0.1) is 0 Å². The zero-order valence-electron chi connectivity index (χ0n) is 10.4. The molecule has 2 atom stereocenters. The van der Waals surface area contributed by atoms with Crippen molar-refractivity contribution >= 4 is 39.5 Å². The maximum Gasteiger partial charge on any atom is 0.122 e. The molecular formula is C13H18BrNOS2. The number of halogens is 1. The van der Waals surface area contributed by atoms with Gasteiger partial charge in [0.15, 0.2) is 0 Å². The monoisotopic (exact) mass is 347 g/mol. The summed E-state index contributed by atoms with van der Waals surface area (Å²) in [7, 11) is 1.71. The van der Waals surface area contributed by atoms with Crippen molar-refractivity contribution in [2.24, 2.45) is 5.73 Å². The van der Waals surface area contributed by atoms with Crippen LogP contribution in [-0.2, 0) is 6.42 Å². The zero-order chi connectivity index (χ0) is 13.0. The Morgan fingerprint density at radius 1 is 1.50 bits per heavy atom. The van der Waals surface area contributed by atoms with Gasteiger partial charge in [0.05, 0.1) is 7.11 Å². The van der Waals surface area contributed by atoms with Crippen molar-refractivity contribution in [2.75, 3.05) is 24.4 Å². The van der Waals surface area contributed by atoms with E-state index in [9.17, 15) is 0 Å². The molecule has 1 aliphatic heterocycles. The Hall–Kier alpha value is 0.160. The number of ether oxygens (including phenoxy) is 1. The predicted octanol–water partition coefficient (Wildman–Crippen LogP) is 3.18. The number of rotatable bonds is 4. The third-order valence-corrected chi connectivity index (χ3v) is 6.45. The quantitative estimate of drug-likeness (QED) is 0.907. The van der Waals surface area contributed by atoms with Crippen molar-refractivity contribution in [3.63, 3.8) is 0 Å². The molecule has 1 saturated heterocycles. The molecule has 0 aromatic heterocycles. The number of hydrogen-bond donors (Lipinski definition) is 1. The topological polar surface area (TPSA) is 35.2 Å². The normalized spacial score (nSPS) is 21.6. The van der Waals surface area contributed by atoms with Gasteiger partial charge in [0.25, 0.3) is 0 Å². The van der Waals surface area contributed by atoms with Gasteiger partial charge in [0, 0.05) is 33.0 Å². The van der Waals surface area contributed by atoms with E-state index in [0.717, 1.165) is 16.6 Å². The van der Waals surface area contributed by atoms with E-state index in [2.05, 4.69) is 22.0 Å². The first kappa shape index (κ1) is 14.6. The molecule has 1 aromatic rings. The Labute approximate surface area is 126 Å². The van der Waals surface area contributed by atoms with Crippen LogP contribution in [0.15, 0.2) is 22.7 Å². The molecule has 0 amide bonds. The van der Waals surface area contributed by atoms with Gasteiger partial charge in [0.1, 0.15) is 5.75 Å². The highest BCUT2D eigenvalue weighted by Gasteiger charge is 2.22. The first-order valence-corrected chi connectivity index (χ1v) is 8.97. The molecule has 18 heavy (non-hydrogen) atoms. The highest BCUT2D eigenvalue weighted by Crippen LogP contribution is 2.29. The summed E-state index contributed by atoms with van der Waals surface area (Å²) in [4.78, 5) is 0. The molecule has 1 aromatic carbocycles. The standard InChI is InChI=1S/C13H18BrNOS2/c1-16-12-3-2-10(14)6-9(12)7-11(15)13-8-17-4-5-18-13/h2-3,6,11,13H,4-5,7-8,15H2,1H3. The Kier molecular flexibility index (Phi) is 5.73. The second-order valence-corrected chi connectivity index (χ2v) is 7.72. The molecule has 1 fully saturated rings. The van der Waals surface area contributed by atoms with Gasteiger partial charge in [-0.3, -0.25) is 0 Å². The largest absolute Gasteiger partial charge is 0.496 e. The predicted molar refractivity (Wildman–Crippen MR) is 85.9 cm³/mol. The second-order valence-electron chi connectivity index (χ2n) is 4.31. The molecule has 0 bridgehead atoms. The summed E-state index contributed by atoms with van der Waals surface area (Å²) < 4.78 is 6.48. The lowest BCUT2D eigenvalue weighted by Crippen LogP contribution is -2.38. The van der Waals surface area contributed by atoms with E-state index in [1.54, 1.807) is 7.11 Å². The highest BCUT2D eigenvalue weighted by molar-refractivity contribution is 9.10. The van der Waals surface area contributed by atoms with Crippen molar-refractivity contribution in [3.8, 4) is 5.75 Å². The van der Waals surface area contributed by atoms with Gasteiger partial charge in [-0.2, -0.15) is 23.5 Å². The number of benzene rings is 1. The van der Waals surface area contributed by atoms with E-state index in [1.165, 1.54) is 22.8 Å². The molecule has 2 N–H and O–H groups in total. The van der Waals surface area contributed by atoms with E-state index >= 15 is 0 Å². The second kappa shape index (κ2) is 7.08. The summed E-state index contributed by atoms with van der Waals surface area (Å²) in [5.74, 6) is 4.58. The molecule has 2 nitrogen and oxygen atoms in total. The van der Waals surface area contributed by atoms with Crippen LogP contribution in [0.3, 0.4) is 0 Å². The minimum Gasteiger partial charge on any atom is -0.496 e. The van der Waals surface area contributed by atoms with E-state index in [4.69, 9.17) is 10.5 Å². The van der Waals surface area contributed by atoms with Crippen LogP contribution in [-0.4, -0.2) is 35.7 Å². The maximum absolute atomic E-state index is 6.35. The fourth-order valence-corrected chi connectivity index (χ4v) is 5.28. The van der Waals surface area contributed by atoms with Gasteiger partial charge in [-0.1, -0.05) is 15.9 Å². The minimum atomic E-state index is 0.200. The molecule has 2 rings (SSSR count). The van der Waals surface area contributed by atoms with Crippen molar-refractivity contribution in [2.45, 2.75) is 17.7 Å². The molecular weight excluding hydrogens is 330 g/mol. The summed E-state index contributed by atoms with van der Waals surface area (Å²) >= 11 is 7.53. The SMILES string of the molecule is COc1ccc(Br)cc1CC(N)C1CSCCS1. The summed E-state index contributed by atoms with van der Waals surface area (Å²) in [6.07, 6.45) is 0.876.